The summed E-state index contributed by atoms with van der Waals surface area (Å²) in [4.78, 5) is 17.3. The quantitative estimate of drug-likeness (QED) is 0.159. The molecule has 1 amide bonds. The van der Waals surface area contributed by atoms with Gasteiger partial charge in [0, 0.05) is 30.6 Å². The highest BCUT2D eigenvalue weighted by Crippen LogP contribution is 2.29. The minimum Gasteiger partial charge on any atom is -0.493 e. The largest absolute Gasteiger partial charge is 0.493 e. The summed E-state index contributed by atoms with van der Waals surface area (Å²) in [6.07, 6.45) is 1.89. The number of nitrogens with zero attached hydrogens (tertiary/aromatic N) is 4. The number of thioether (sulfide) groups is 1. The second-order valence-electron chi connectivity index (χ2n) is 9.60. The number of rotatable bonds is 12. The molecular formula is C31H33N5O3S. The second-order valence-corrected chi connectivity index (χ2v) is 10.7. The number of benzene rings is 3. The molecule has 40 heavy (non-hydrogen) atoms. The first kappa shape index (κ1) is 27.5. The van der Waals surface area contributed by atoms with Crippen molar-refractivity contribution in [3.8, 4) is 11.5 Å². The number of methoxy groups -OCH3 is 2. The molecule has 0 fully saturated rings. The molecule has 5 rings (SSSR count). The summed E-state index contributed by atoms with van der Waals surface area (Å²) in [6.45, 7) is 3.38. The molecule has 1 N–H and O–H groups in total. The normalized spacial score (nSPS) is 11.2. The monoisotopic (exact) mass is 555 g/mol. The van der Waals surface area contributed by atoms with Gasteiger partial charge in [0.05, 0.1) is 19.7 Å². The Bertz CT molecular complexity index is 1630. The van der Waals surface area contributed by atoms with E-state index < -0.39 is 0 Å². The minimum atomic E-state index is 0.0360. The number of carbonyl (C=O) groups is 1. The molecule has 0 aliphatic carbocycles. The van der Waals surface area contributed by atoms with Crippen LogP contribution in [0.15, 0.2) is 71.9 Å². The van der Waals surface area contributed by atoms with Crippen LogP contribution in [0, 0.1) is 6.92 Å². The van der Waals surface area contributed by atoms with Crippen LogP contribution >= 0.6 is 11.8 Å². The van der Waals surface area contributed by atoms with E-state index in [0.29, 0.717) is 36.2 Å². The number of para-hydroxylation sites is 1. The molecule has 8 nitrogen and oxygen atoms in total. The molecule has 0 bridgehead atoms. The first-order valence-electron chi connectivity index (χ1n) is 13.3. The third kappa shape index (κ3) is 6.37. The molecule has 2 heterocycles. The summed E-state index contributed by atoms with van der Waals surface area (Å²) >= 11 is 1.53. The molecule has 0 atom stereocenters. The van der Waals surface area contributed by atoms with Gasteiger partial charge < -0.3 is 19.4 Å². The molecular weight excluding hydrogens is 522 g/mol. The van der Waals surface area contributed by atoms with Gasteiger partial charge in [0.15, 0.2) is 17.1 Å². The summed E-state index contributed by atoms with van der Waals surface area (Å²) in [5.41, 5.74) is 6.25. The molecule has 0 aliphatic heterocycles. The summed E-state index contributed by atoms with van der Waals surface area (Å²) in [5, 5.41) is 13.6. The van der Waals surface area contributed by atoms with E-state index in [-0.39, 0.29) is 5.91 Å². The van der Waals surface area contributed by atoms with Crippen molar-refractivity contribution in [2.45, 2.75) is 37.9 Å². The first-order chi connectivity index (χ1) is 19.6. The number of ether oxygens (including phenoxy) is 2. The Morgan fingerprint density at radius 1 is 0.950 bits per heavy atom. The lowest BCUT2D eigenvalue weighted by atomic mass is 10.1. The van der Waals surface area contributed by atoms with Crippen LogP contribution in [-0.4, -0.2) is 52.2 Å². The maximum atomic E-state index is 12.4. The molecule has 0 spiro atoms. The predicted molar refractivity (Wildman–Crippen MR) is 159 cm³/mol. The Kier molecular flexibility index (Phi) is 8.81. The minimum absolute atomic E-state index is 0.0360. The fourth-order valence-electron chi connectivity index (χ4n) is 4.77. The van der Waals surface area contributed by atoms with Gasteiger partial charge in [0.2, 0.25) is 11.1 Å². The number of carbonyl (C=O) groups excluding carboxylic acids is 1. The highest BCUT2D eigenvalue weighted by Gasteiger charge is 2.15. The summed E-state index contributed by atoms with van der Waals surface area (Å²) in [7, 11) is 3.23. The molecule has 9 heteroatoms. The van der Waals surface area contributed by atoms with Crippen LogP contribution in [-0.2, 0) is 17.8 Å². The van der Waals surface area contributed by atoms with Gasteiger partial charge in [0.1, 0.15) is 5.52 Å². The topological polar surface area (TPSA) is 91.2 Å². The molecule has 0 saturated carbocycles. The van der Waals surface area contributed by atoms with Gasteiger partial charge in [-0.2, -0.15) is 0 Å². The van der Waals surface area contributed by atoms with Gasteiger partial charge >= 0.3 is 0 Å². The number of amides is 1. The van der Waals surface area contributed by atoms with E-state index in [0.717, 1.165) is 46.2 Å². The molecule has 0 saturated heterocycles. The van der Waals surface area contributed by atoms with Gasteiger partial charge in [-0.1, -0.05) is 65.9 Å². The zero-order valence-corrected chi connectivity index (χ0v) is 23.8. The summed E-state index contributed by atoms with van der Waals surface area (Å²) < 4.78 is 12.8. The molecule has 5 aromatic rings. The van der Waals surface area contributed by atoms with E-state index in [2.05, 4.69) is 63.4 Å². The van der Waals surface area contributed by atoms with Gasteiger partial charge in [0.25, 0.3) is 0 Å². The fourth-order valence-corrected chi connectivity index (χ4v) is 5.49. The summed E-state index contributed by atoms with van der Waals surface area (Å²) in [6, 6.07) is 22.5. The second kappa shape index (κ2) is 12.8. The van der Waals surface area contributed by atoms with Crippen LogP contribution in [0.3, 0.4) is 0 Å². The van der Waals surface area contributed by atoms with Crippen molar-refractivity contribution in [3.63, 3.8) is 0 Å². The number of hydrogen-bond acceptors (Lipinski definition) is 7. The molecule has 0 aliphatic rings. The third-order valence-electron chi connectivity index (χ3n) is 6.74. The van der Waals surface area contributed by atoms with Crippen LogP contribution in [0.1, 0.15) is 29.5 Å². The van der Waals surface area contributed by atoms with Gasteiger partial charge in [-0.3, -0.25) is 4.79 Å². The van der Waals surface area contributed by atoms with Gasteiger partial charge in [-0.05, 0) is 49.1 Å². The Balaban J connectivity index is 1.16. The fraction of sp³-hybridized carbons (Fsp3) is 0.290. The van der Waals surface area contributed by atoms with Crippen molar-refractivity contribution < 1.29 is 14.3 Å². The smallest absolute Gasteiger partial charge is 0.220 e. The van der Waals surface area contributed by atoms with Crippen molar-refractivity contribution in [3.05, 3.63) is 83.4 Å². The Labute approximate surface area is 238 Å². The lowest BCUT2D eigenvalue weighted by Gasteiger charge is -2.10. The van der Waals surface area contributed by atoms with E-state index in [1.54, 1.807) is 14.2 Å². The molecule has 0 unspecified atom stereocenters. The Morgan fingerprint density at radius 2 is 1.80 bits per heavy atom. The number of aryl methyl sites for hydroxylation is 1. The van der Waals surface area contributed by atoms with Crippen LogP contribution in [0.4, 0.5) is 0 Å². The van der Waals surface area contributed by atoms with Crippen molar-refractivity contribution in [2.75, 3.05) is 26.5 Å². The van der Waals surface area contributed by atoms with Gasteiger partial charge in [-0.15, -0.1) is 10.2 Å². The number of aromatic nitrogens is 4. The van der Waals surface area contributed by atoms with Crippen molar-refractivity contribution in [1.29, 1.82) is 0 Å². The van der Waals surface area contributed by atoms with Crippen LogP contribution < -0.4 is 14.8 Å². The summed E-state index contributed by atoms with van der Waals surface area (Å²) in [5.74, 6) is 2.15. The van der Waals surface area contributed by atoms with Crippen molar-refractivity contribution >= 4 is 39.7 Å². The zero-order chi connectivity index (χ0) is 27.9. The van der Waals surface area contributed by atoms with Gasteiger partial charge in [-0.25, -0.2) is 4.98 Å². The maximum absolute atomic E-state index is 12.4. The Morgan fingerprint density at radius 3 is 2.62 bits per heavy atom. The predicted octanol–water partition coefficient (Wildman–Crippen LogP) is 5.58. The zero-order valence-electron chi connectivity index (χ0n) is 23.0. The lowest BCUT2D eigenvalue weighted by Crippen LogP contribution is -2.25. The van der Waals surface area contributed by atoms with Crippen molar-refractivity contribution in [2.24, 2.45) is 0 Å². The highest BCUT2D eigenvalue weighted by molar-refractivity contribution is 7.99. The highest BCUT2D eigenvalue weighted by atomic mass is 32.2. The van der Waals surface area contributed by atoms with E-state index >= 15 is 0 Å². The van der Waals surface area contributed by atoms with Crippen LogP contribution in [0.5, 0.6) is 11.5 Å². The maximum Gasteiger partial charge on any atom is 0.220 e. The first-order valence-corrected chi connectivity index (χ1v) is 14.3. The van der Waals surface area contributed by atoms with E-state index in [9.17, 15) is 4.79 Å². The average molecular weight is 556 g/mol. The molecule has 0 radical (unpaired) electrons. The van der Waals surface area contributed by atoms with Crippen molar-refractivity contribution in [1.82, 2.24) is 25.1 Å². The molecule has 2 aromatic heterocycles. The number of hydrogen-bond donors (Lipinski definition) is 1. The number of fused-ring (bicyclic) bond motifs is 3. The Hall–Kier alpha value is -4.11. The molecule has 3 aromatic carbocycles. The van der Waals surface area contributed by atoms with E-state index in [4.69, 9.17) is 14.5 Å². The average Bonchev–Trinajstić information content (AvgIpc) is 3.28. The molecule has 206 valence electrons. The third-order valence-corrected chi connectivity index (χ3v) is 7.66. The van der Waals surface area contributed by atoms with Crippen LogP contribution in [0.2, 0.25) is 0 Å². The van der Waals surface area contributed by atoms with E-state index in [1.165, 1.54) is 22.9 Å². The lowest BCUT2D eigenvalue weighted by molar-refractivity contribution is -0.121. The van der Waals surface area contributed by atoms with E-state index in [1.807, 2.05) is 30.3 Å². The SMILES string of the molecule is COc1ccc(CCNC(=O)CCCSc2nnc3c4ccccc4n(Cc4cccc(C)c4)c3n2)cc1OC. The standard InChI is InChI=1S/C31H33N5O3S/c1-21-8-6-9-23(18-21)20-36-25-11-5-4-10-24(25)29-30(36)33-31(35-34-29)40-17-7-12-28(37)32-16-15-22-13-14-26(38-2)27(19-22)39-3/h4-6,8-11,13-14,18-19H,7,12,15-17,20H2,1-3H3,(H,32,37). The number of nitrogens with one attached hydrogen (secondary N) is 1. The van der Waals surface area contributed by atoms with Crippen LogP contribution in [0.25, 0.3) is 22.1 Å².